The largest absolute Gasteiger partial charge is 0.379 e. The van der Waals surface area contributed by atoms with Crippen molar-refractivity contribution in [3.8, 4) is 0 Å². The van der Waals surface area contributed by atoms with Crippen molar-refractivity contribution >= 4 is 5.69 Å². The van der Waals surface area contributed by atoms with E-state index in [2.05, 4.69) is 35.8 Å². The van der Waals surface area contributed by atoms with Gasteiger partial charge in [-0.2, -0.15) is 0 Å². The normalized spacial score (nSPS) is 19.8. The second-order valence-electron chi connectivity index (χ2n) is 6.75. The number of benzene rings is 1. The number of nitrogens with zero attached hydrogens (tertiary/aromatic N) is 2. The van der Waals surface area contributed by atoms with Crippen LogP contribution >= 0.6 is 0 Å². The highest BCUT2D eigenvalue weighted by molar-refractivity contribution is 5.58. The van der Waals surface area contributed by atoms with Crippen LogP contribution < -0.4 is 4.90 Å². The summed E-state index contributed by atoms with van der Waals surface area (Å²) in [6, 6.07) is 4.73. The number of rotatable bonds is 5. The third-order valence-electron chi connectivity index (χ3n) is 5.34. The van der Waals surface area contributed by atoms with Crippen LogP contribution in [0, 0.1) is 13.8 Å². The summed E-state index contributed by atoms with van der Waals surface area (Å²) in [5.41, 5.74) is 6.00. The Kier molecular flexibility index (Phi) is 5.37. The maximum atomic E-state index is 5.41. The van der Waals surface area contributed by atoms with E-state index >= 15 is 0 Å². The van der Waals surface area contributed by atoms with E-state index in [1.165, 1.54) is 67.7 Å². The van der Waals surface area contributed by atoms with E-state index in [1.54, 1.807) is 0 Å². The zero-order chi connectivity index (χ0) is 15.4. The van der Waals surface area contributed by atoms with Gasteiger partial charge in [0, 0.05) is 31.9 Å². The van der Waals surface area contributed by atoms with Crippen molar-refractivity contribution in [3.05, 3.63) is 28.8 Å². The molecule has 2 aliphatic rings. The Balaban J connectivity index is 1.58. The molecule has 0 aliphatic carbocycles. The molecule has 2 heterocycles. The molecule has 1 aromatic carbocycles. The van der Waals surface area contributed by atoms with E-state index in [9.17, 15) is 0 Å². The minimum Gasteiger partial charge on any atom is -0.379 e. The molecule has 2 aliphatic heterocycles. The second-order valence-corrected chi connectivity index (χ2v) is 6.75. The lowest BCUT2D eigenvalue weighted by molar-refractivity contribution is 0.0374. The fourth-order valence-corrected chi connectivity index (χ4v) is 3.75. The van der Waals surface area contributed by atoms with E-state index in [-0.39, 0.29) is 0 Å². The van der Waals surface area contributed by atoms with Crippen LogP contribution in [0.15, 0.2) is 12.1 Å². The van der Waals surface area contributed by atoms with Crippen molar-refractivity contribution < 1.29 is 4.74 Å². The van der Waals surface area contributed by atoms with Gasteiger partial charge >= 0.3 is 0 Å². The number of ether oxygens (including phenoxy) is 1. The van der Waals surface area contributed by atoms with Gasteiger partial charge in [-0.3, -0.25) is 4.90 Å². The lowest BCUT2D eigenvalue weighted by atomic mass is 9.97. The van der Waals surface area contributed by atoms with Crippen LogP contribution in [0.5, 0.6) is 0 Å². The minimum atomic E-state index is 0.905. The average Bonchev–Trinajstić information content (AvgIpc) is 3.07. The molecular weight excluding hydrogens is 272 g/mol. The topological polar surface area (TPSA) is 15.7 Å². The van der Waals surface area contributed by atoms with Gasteiger partial charge in [-0.05, 0) is 68.8 Å². The highest BCUT2D eigenvalue weighted by Gasteiger charge is 2.16. The molecule has 0 amide bonds. The van der Waals surface area contributed by atoms with E-state index in [4.69, 9.17) is 4.74 Å². The Bertz CT molecular complexity index is 488. The number of hydrogen-bond donors (Lipinski definition) is 0. The van der Waals surface area contributed by atoms with Crippen molar-refractivity contribution in [1.29, 1.82) is 0 Å². The van der Waals surface area contributed by atoms with E-state index in [0.717, 1.165) is 26.3 Å². The predicted molar refractivity (Wildman–Crippen MR) is 92.9 cm³/mol. The first-order valence-corrected chi connectivity index (χ1v) is 8.90. The molecule has 0 spiro atoms. The molecule has 0 bridgehead atoms. The molecule has 1 aromatic rings. The summed E-state index contributed by atoms with van der Waals surface area (Å²) in [6.07, 6.45) is 5.15. The Hall–Kier alpha value is -1.06. The molecule has 0 atom stereocenters. The van der Waals surface area contributed by atoms with Crippen molar-refractivity contribution in [1.82, 2.24) is 4.90 Å². The number of morpholine rings is 1. The fourth-order valence-electron chi connectivity index (χ4n) is 3.75. The molecule has 3 heteroatoms. The summed E-state index contributed by atoms with van der Waals surface area (Å²) < 4.78 is 5.41. The lowest BCUT2D eigenvalue weighted by Crippen LogP contribution is -2.36. The van der Waals surface area contributed by atoms with Crippen LogP contribution in [0.4, 0.5) is 5.69 Å². The molecule has 2 saturated heterocycles. The molecule has 22 heavy (non-hydrogen) atoms. The third kappa shape index (κ3) is 3.64. The Morgan fingerprint density at radius 2 is 1.68 bits per heavy atom. The van der Waals surface area contributed by atoms with Gasteiger partial charge in [-0.1, -0.05) is 6.07 Å². The summed E-state index contributed by atoms with van der Waals surface area (Å²) in [5, 5.41) is 0. The van der Waals surface area contributed by atoms with Crippen LogP contribution in [0.2, 0.25) is 0 Å². The predicted octanol–water partition coefficient (Wildman–Crippen LogP) is 3.17. The summed E-state index contributed by atoms with van der Waals surface area (Å²) in [4.78, 5) is 5.09. The van der Waals surface area contributed by atoms with E-state index in [1.807, 2.05) is 0 Å². The maximum Gasteiger partial charge on any atom is 0.0594 e. The highest BCUT2D eigenvalue weighted by Crippen LogP contribution is 2.28. The van der Waals surface area contributed by atoms with Gasteiger partial charge in [-0.15, -0.1) is 0 Å². The monoisotopic (exact) mass is 302 g/mol. The van der Waals surface area contributed by atoms with Gasteiger partial charge in [0.25, 0.3) is 0 Å². The van der Waals surface area contributed by atoms with Crippen molar-refractivity contribution in [3.63, 3.8) is 0 Å². The highest BCUT2D eigenvalue weighted by atomic mass is 16.5. The van der Waals surface area contributed by atoms with Gasteiger partial charge in [0.15, 0.2) is 0 Å². The first kappa shape index (κ1) is 15.8. The quantitative estimate of drug-likeness (QED) is 0.831. The van der Waals surface area contributed by atoms with Crippen LogP contribution in [-0.4, -0.2) is 50.8 Å². The Morgan fingerprint density at radius 3 is 2.41 bits per heavy atom. The molecule has 3 rings (SSSR count). The second kappa shape index (κ2) is 7.47. The van der Waals surface area contributed by atoms with Gasteiger partial charge < -0.3 is 9.64 Å². The number of aryl methyl sites for hydroxylation is 1. The van der Waals surface area contributed by atoms with Crippen LogP contribution in [0.3, 0.4) is 0 Å². The summed E-state index contributed by atoms with van der Waals surface area (Å²) in [7, 11) is 0. The average molecular weight is 302 g/mol. The van der Waals surface area contributed by atoms with Gasteiger partial charge in [-0.25, -0.2) is 0 Å². The lowest BCUT2D eigenvalue weighted by Gasteiger charge is -2.27. The molecule has 0 aromatic heterocycles. The van der Waals surface area contributed by atoms with E-state index < -0.39 is 0 Å². The first-order chi connectivity index (χ1) is 10.8. The summed E-state index contributed by atoms with van der Waals surface area (Å²) in [6.45, 7) is 12.3. The molecule has 122 valence electrons. The van der Waals surface area contributed by atoms with Gasteiger partial charge in [0.05, 0.1) is 13.2 Å². The molecule has 3 nitrogen and oxygen atoms in total. The van der Waals surface area contributed by atoms with Crippen molar-refractivity contribution in [2.45, 2.75) is 39.5 Å². The van der Waals surface area contributed by atoms with Gasteiger partial charge in [0.1, 0.15) is 0 Å². The molecule has 0 unspecified atom stereocenters. The minimum absolute atomic E-state index is 0.905. The molecule has 0 radical (unpaired) electrons. The van der Waals surface area contributed by atoms with Crippen LogP contribution in [-0.2, 0) is 11.2 Å². The zero-order valence-electron chi connectivity index (χ0n) is 14.2. The van der Waals surface area contributed by atoms with Gasteiger partial charge in [0.2, 0.25) is 0 Å². The Labute approximate surface area is 135 Å². The SMILES string of the molecule is Cc1c(CCCN2CCOCC2)ccc(N2CCCC2)c1C. The van der Waals surface area contributed by atoms with Crippen molar-refractivity contribution in [2.75, 3.05) is 50.8 Å². The van der Waals surface area contributed by atoms with Crippen LogP contribution in [0.25, 0.3) is 0 Å². The molecule has 0 saturated carbocycles. The number of hydrogen-bond acceptors (Lipinski definition) is 3. The molecule has 0 N–H and O–H groups in total. The third-order valence-corrected chi connectivity index (χ3v) is 5.34. The molecule has 2 fully saturated rings. The summed E-state index contributed by atoms with van der Waals surface area (Å²) >= 11 is 0. The first-order valence-electron chi connectivity index (χ1n) is 8.90. The van der Waals surface area contributed by atoms with E-state index in [0.29, 0.717) is 0 Å². The Morgan fingerprint density at radius 1 is 0.955 bits per heavy atom. The fraction of sp³-hybridized carbons (Fsp3) is 0.684. The number of anilines is 1. The van der Waals surface area contributed by atoms with Crippen molar-refractivity contribution in [2.24, 2.45) is 0 Å². The standard InChI is InChI=1S/C19H30N2O/c1-16-17(2)19(21-10-3-4-11-21)8-7-18(16)6-5-9-20-12-14-22-15-13-20/h7-8H,3-6,9-15H2,1-2H3. The summed E-state index contributed by atoms with van der Waals surface area (Å²) in [5.74, 6) is 0. The molecular formula is C19H30N2O. The smallest absolute Gasteiger partial charge is 0.0594 e. The van der Waals surface area contributed by atoms with Crippen LogP contribution in [0.1, 0.15) is 36.0 Å². The zero-order valence-corrected chi connectivity index (χ0v) is 14.2. The maximum absolute atomic E-state index is 5.41.